The average Bonchev–Trinajstić information content (AvgIpc) is 3.06. The molecule has 5 atom stereocenters. The summed E-state index contributed by atoms with van der Waals surface area (Å²) < 4.78 is 0. The lowest BCUT2D eigenvalue weighted by Crippen LogP contribution is -2.45. The van der Waals surface area contributed by atoms with Crippen molar-refractivity contribution in [2.75, 3.05) is 0 Å². The molecule has 3 N–H and O–H groups in total. The van der Waals surface area contributed by atoms with E-state index in [9.17, 15) is 20.1 Å². The van der Waals surface area contributed by atoms with Crippen molar-refractivity contribution in [2.45, 2.75) is 70.5 Å². The Morgan fingerprint density at radius 1 is 1.25 bits per heavy atom. The zero-order valence-electron chi connectivity index (χ0n) is 14.4. The highest BCUT2D eigenvalue weighted by Crippen LogP contribution is 2.53. The van der Waals surface area contributed by atoms with Gasteiger partial charge in [0, 0.05) is 5.57 Å². The fraction of sp³-hybridized carbons (Fsp3) is 0.750. The van der Waals surface area contributed by atoms with Gasteiger partial charge in [0.2, 0.25) is 0 Å². The van der Waals surface area contributed by atoms with Crippen LogP contribution in [0.4, 0.5) is 0 Å². The molecule has 0 spiro atoms. The fourth-order valence-corrected chi connectivity index (χ4v) is 4.86. The molecule has 4 nitrogen and oxygen atoms in total. The Morgan fingerprint density at radius 2 is 1.96 bits per heavy atom. The number of rotatable bonds is 3. The molecule has 3 aliphatic carbocycles. The van der Waals surface area contributed by atoms with Crippen LogP contribution < -0.4 is 0 Å². The van der Waals surface area contributed by atoms with E-state index in [0.717, 1.165) is 31.3 Å². The lowest BCUT2D eigenvalue weighted by atomic mass is 9.56. The number of hydrogen-bond acceptors (Lipinski definition) is 3. The minimum absolute atomic E-state index is 0.129. The summed E-state index contributed by atoms with van der Waals surface area (Å²) >= 11 is 0. The van der Waals surface area contributed by atoms with Crippen molar-refractivity contribution >= 4 is 5.97 Å². The first kappa shape index (κ1) is 17.5. The molecule has 3 aliphatic rings. The van der Waals surface area contributed by atoms with Crippen molar-refractivity contribution in [1.29, 1.82) is 0 Å². The van der Waals surface area contributed by atoms with E-state index in [4.69, 9.17) is 0 Å². The van der Waals surface area contributed by atoms with Gasteiger partial charge in [0.25, 0.3) is 0 Å². The summed E-state index contributed by atoms with van der Waals surface area (Å²) in [5.41, 5.74) is 1.61. The molecule has 24 heavy (non-hydrogen) atoms. The van der Waals surface area contributed by atoms with Crippen LogP contribution >= 0.6 is 0 Å². The number of aliphatic carboxylic acids is 1. The summed E-state index contributed by atoms with van der Waals surface area (Å²) in [7, 11) is 0. The number of carboxylic acid groups (broad SMARTS) is 1. The van der Waals surface area contributed by atoms with E-state index in [2.05, 4.69) is 11.8 Å². The van der Waals surface area contributed by atoms with Gasteiger partial charge in [-0.15, -0.1) is 0 Å². The van der Waals surface area contributed by atoms with Crippen LogP contribution in [0, 0.1) is 35.5 Å². The molecule has 132 valence electrons. The Balaban J connectivity index is 1.72. The highest BCUT2D eigenvalue weighted by Gasteiger charge is 2.47. The molecule has 1 unspecified atom stereocenters. The topological polar surface area (TPSA) is 77.8 Å². The average molecular weight is 332 g/mol. The van der Waals surface area contributed by atoms with E-state index in [1.54, 1.807) is 0 Å². The van der Waals surface area contributed by atoms with Crippen LogP contribution in [0.5, 0.6) is 0 Å². The molecular weight excluding hydrogens is 304 g/mol. The van der Waals surface area contributed by atoms with Crippen LogP contribution in [0.15, 0.2) is 11.1 Å². The van der Waals surface area contributed by atoms with Crippen LogP contribution in [0.25, 0.3) is 0 Å². The predicted molar refractivity (Wildman–Crippen MR) is 91.0 cm³/mol. The van der Waals surface area contributed by atoms with Gasteiger partial charge in [0.15, 0.2) is 0 Å². The molecule has 0 amide bonds. The highest BCUT2D eigenvalue weighted by atomic mass is 16.4. The van der Waals surface area contributed by atoms with Crippen molar-refractivity contribution in [3.8, 4) is 11.8 Å². The maximum atomic E-state index is 11.4. The molecule has 0 aromatic heterocycles. The molecule has 4 heteroatoms. The Kier molecular flexibility index (Phi) is 5.32. The molecule has 0 aromatic carbocycles. The molecule has 0 aromatic rings. The van der Waals surface area contributed by atoms with Crippen molar-refractivity contribution in [1.82, 2.24) is 0 Å². The number of aliphatic hydroxyl groups is 2. The van der Waals surface area contributed by atoms with E-state index in [1.807, 2.05) is 6.92 Å². The maximum absolute atomic E-state index is 11.4. The van der Waals surface area contributed by atoms with E-state index < -0.39 is 18.2 Å². The fourth-order valence-electron chi connectivity index (χ4n) is 4.86. The molecule has 0 heterocycles. The molecule has 0 saturated heterocycles. The first-order chi connectivity index (χ1) is 11.5. The van der Waals surface area contributed by atoms with E-state index in [0.29, 0.717) is 18.4 Å². The highest BCUT2D eigenvalue weighted by molar-refractivity contribution is 5.88. The van der Waals surface area contributed by atoms with Gasteiger partial charge in [-0.25, -0.2) is 4.79 Å². The lowest BCUT2D eigenvalue weighted by Gasteiger charge is -2.49. The van der Waals surface area contributed by atoms with Crippen LogP contribution in [0.3, 0.4) is 0 Å². The largest absolute Gasteiger partial charge is 0.478 e. The zero-order valence-corrected chi connectivity index (χ0v) is 14.4. The van der Waals surface area contributed by atoms with Gasteiger partial charge in [0.05, 0.1) is 12.0 Å². The van der Waals surface area contributed by atoms with Crippen molar-refractivity contribution < 1.29 is 20.1 Å². The third kappa shape index (κ3) is 3.25. The van der Waals surface area contributed by atoms with Crippen LogP contribution in [-0.2, 0) is 4.79 Å². The van der Waals surface area contributed by atoms with Crippen molar-refractivity contribution in [2.24, 2.45) is 23.7 Å². The zero-order chi connectivity index (χ0) is 17.3. The molecule has 0 bridgehead atoms. The Morgan fingerprint density at radius 3 is 2.58 bits per heavy atom. The Labute approximate surface area is 144 Å². The number of carboxylic acids is 1. The summed E-state index contributed by atoms with van der Waals surface area (Å²) in [6.07, 6.45) is 6.18. The minimum Gasteiger partial charge on any atom is -0.478 e. The molecule has 3 fully saturated rings. The van der Waals surface area contributed by atoms with Crippen molar-refractivity contribution in [3.05, 3.63) is 11.1 Å². The summed E-state index contributed by atoms with van der Waals surface area (Å²) in [5, 5.41) is 29.9. The van der Waals surface area contributed by atoms with E-state index in [1.165, 1.54) is 12.8 Å². The number of fused-ring (bicyclic) bond motifs is 1. The number of aliphatic hydroxyl groups excluding tert-OH is 2. The van der Waals surface area contributed by atoms with Gasteiger partial charge in [-0.1, -0.05) is 37.2 Å². The summed E-state index contributed by atoms with van der Waals surface area (Å²) in [6, 6.07) is 0. The molecule has 3 rings (SSSR count). The van der Waals surface area contributed by atoms with Gasteiger partial charge < -0.3 is 15.3 Å². The minimum atomic E-state index is -0.809. The second-order valence-electron chi connectivity index (χ2n) is 7.59. The molecule has 0 radical (unpaired) electrons. The van der Waals surface area contributed by atoms with Gasteiger partial charge >= 0.3 is 5.97 Å². The third-order valence-electron chi connectivity index (χ3n) is 6.31. The number of hydrogen-bond donors (Lipinski definition) is 3. The Hall–Kier alpha value is -1.31. The lowest BCUT2D eigenvalue weighted by molar-refractivity contribution is -0.133. The van der Waals surface area contributed by atoms with Gasteiger partial charge in [0.1, 0.15) is 6.10 Å². The normalized spacial score (nSPS) is 36.1. The summed E-state index contributed by atoms with van der Waals surface area (Å²) in [5.74, 6) is 6.01. The van der Waals surface area contributed by atoms with E-state index >= 15 is 0 Å². The van der Waals surface area contributed by atoms with Gasteiger partial charge in [-0.05, 0) is 56.3 Å². The van der Waals surface area contributed by atoms with Gasteiger partial charge in [-0.2, -0.15) is 0 Å². The molecule has 3 saturated carbocycles. The number of carbonyl (C=O) groups is 1. The van der Waals surface area contributed by atoms with Crippen LogP contribution in [0.2, 0.25) is 0 Å². The quantitative estimate of drug-likeness (QED) is 0.548. The second kappa shape index (κ2) is 7.29. The van der Waals surface area contributed by atoms with Crippen molar-refractivity contribution in [3.63, 3.8) is 0 Å². The monoisotopic (exact) mass is 332 g/mol. The predicted octanol–water partition coefficient (Wildman–Crippen LogP) is 2.74. The first-order valence-electron chi connectivity index (χ1n) is 9.35. The van der Waals surface area contributed by atoms with Crippen LogP contribution in [-0.4, -0.2) is 33.5 Å². The summed E-state index contributed by atoms with van der Waals surface area (Å²) in [6.45, 7) is 1.89. The first-order valence-corrected chi connectivity index (χ1v) is 9.35. The maximum Gasteiger partial charge on any atom is 0.331 e. The SMILES string of the molecule is CC/C(C(=O)O)=C1\C[C@@H]2[C@@H](C#CC(O)C3CCCC3)[C@H](O)CC[C@H]12. The van der Waals surface area contributed by atoms with Gasteiger partial charge in [-0.3, -0.25) is 0 Å². The molecular formula is C20H28O4. The standard InChI is InChI=1S/C20H28O4/c1-2-13(20(23)24)16-11-17-14(16)7-10-19(22)15(17)8-9-18(21)12-5-3-4-6-12/h12,14-15,17-19,21-22H,2-7,10-11H2,1H3,(H,23,24)/b16-13-/t14-,15-,17+,18?,19-/m1/s1. The van der Waals surface area contributed by atoms with Crippen LogP contribution in [0.1, 0.15) is 58.3 Å². The second-order valence-corrected chi connectivity index (χ2v) is 7.59. The summed E-state index contributed by atoms with van der Waals surface area (Å²) in [4.78, 5) is 11.4. The Bertz CT molecular complexity index is 576. The molecule has 0 aliphatic heterocycles. The third-order valence-corrected chi connectivity index (χ3v) is 6.31. The van der Waals surface area contributed by atoms with E-state index in [-0.39, 0.29) is 23.7 Å². The smallest absolute Gasteiger partial charge is 0.331 e. The number of allylic oxidation sites excluding steroid dienone is 1.